The summed E-state index contributed by atoms with van der Waals surface area (Å²) in [7, 11) is 1.94. The van der Waals surface area contributed by atoms with Gasteiger partial charge in [0.25, 0.3) is 5.91 Å². The molecule has 0 spiro atoms. The van der Waals surface area contributed by atoms with Crippen LogP contribution >= 0.6 is 0 Å². The third kappa shape index (κ3) is 5.18. The maximum Gasteiger partial charge on any atom is 0.549 e. The van der Waals surface area contributed by atoms with Crippen LogP contribution in [0.1, 0.15) is 51.5 Å². The second kappa shape index (κ2) is 11.1. The number of benzene rings is 1. The minimum Gasteiger partial charge on any atom is -0.609 e. The van der Waals surface area contributed by atoms with Crippen LogP contribution in [0, 0.1) is 5.92 Å². The molecule has 3 heterocycles. The van der Waals surface area contributed by atoms with E-state index in [0.29, 0.717) is 18.7 Å². The molecule has 2 unspecified atom stereocenters. The number of aromatic nitrogens is 1. The van der Waals surface area contributed by atoms with E-state index in [1.807, 2.05) is 65.1 Å². The SMILES string of the molecule is CC(C)C[C@H](NC(=O)[C@@H](NC(=O)c1cccc(-c2ccccc2)n1)[C@@H](C)O)[B-]12OC[C@H](C)[N+]1(C)[C@@H](C)C(=O)O2. The van der Waals surface area contributed by atoms with Gasteiger partial charge in [-0.3, -0.25) is 9.59 Å². The van der Waals surface area contributed by atoms with Gasteiger partial charge < -0.3 is 29.4 Å². The first-order chi connectivity index (χ1) is 18.4. The summed E-state index contributed by atoms with van der Waals surface area (Å²) in [5, 5.41) is 16.2. The van der Waals surface area contributed by atoms with Gasteiger partial charge in [0.05, 0.1) is 24.4 Å². The molecule has 4 rings (SSSR count). The predicted octanol–water partition coefficient (Wildman–Crippen LogP) is 2.05. The van der Waals surface area contributed by atoms with Crippen molar-refractivity contribution in [1.82, 2.24) is 15.6 Å². The van der Waals surface area contributed by atoms with E-state index in [1.54, 1.807) is 18.2 Å². The van der Waals surface area contributed by atoms with Crippen LogP contribution in [0.2, 0.25) is 0 Å². The van der Waals surface area contributed by atoms with Gasteiger partial charge in [0.15, 0.2) is 0 Å². The Bertz CT molecular complexity index is 1230. The molecule has 2 aromatic rings. The summed E-state index contributed by atoms with van der Waals surface area (Å²) in [6, 6.07) is 12.8. The normalized spacial score (nSPS) is 28.4. The highest BCUT2D eigenvalue weighted by Gasteiger charge is 2.70. The molecule has 0 saturated carbocycles. The zero-order valence-electron chi connectivity index (χ0n) is 23.5. The molecule has 3 N–H and O–H groups in total. The molecule has 2 aliphatic heterocycles. The Morgan fingerprint density at radius 2 is 1.79 bits per heavy atom. The van der Waals surface area contributed by atoms with Crippen LogP contribution in [0.4, 0.5) is 0 Å². The molecule has 2 aliphatic rings. The number of rotatable bonds is 9. The third-order valence-corrected chi connectivity index (χ3v) is 8.43. The van der Waals surface area contributed by atoms with Gasteiger partial charge in [0.2, 0.25) is 5.91 Å². The molecule has 1 aromatic heterocycles. The first-order valence-corrected chi connectivity index (χ1v) is 13.6. The maximum atomic E-state index is 13.6. The summed E-state index contributed by atoms with van der Waals surface area (Å²) in [4.78, 5) is 44.0. The summed E-state index contributed by atoms with van der Waals surface area (Å²) in [6.45, 7) is 7.38. The Morgan fingerprint density at radius 3 is 2.44 bits per heavy atom. The molecule has 39 heavy (non-hydrogen) atoms. The second-order valence-electron chi connectivity index (χ2n) is 11.5. The largest absolute Gasteiger partial charge is 0.609 e. The molecule has 7 atom stereocenters. The minimum absolute atomic E-state index is 0.0201. The Morgan fingerprint density at radius 1 is 1.10 bits per heavy atom. The number of quaternary nitrogens is 1. The number of pyridine rings is 1. The van der Waals surface area contributed by atoms with Crippen molar-refractivity contribution in [3.05, 3.63) is 54.2 Å². The Balaban J connectivity index is 1.57. The molecule has 2 amide bonds. The lowest BCUT2D eigenvalue weighted by Gasteiger charge is -2.51. The van der Waals surface area contributed by atoms with E-state index in [4.69, 9.17) is 9.31 Å². The van der Waals surface area contributed by atoms with Gasteiger partial charge in [0.1, 0.15) is 17.8 Å². The van der Waals surface area contributed by atoms with Crippen LogP contribution in [-0.2, 0) is 18.9 Å². The van der Waals surface area contributed by atoms with Crippen molar-refractivity contribution in [2.24, 2.45) is 5.92 Å². The van der Waals surface area contributed by atoms with Crippen molar-refractivity contribution < 1.29 is 33.2 Å². The Kier molecular flexibility index (Phi) is 8.16. The van der Waals surface area contributed by atoms with Crippen molar-refractivity contribution in [2.75, 3.05) is 13.7 Å². The fourth-order valence-corrected chi connectivity index (χ4v) is 5.94. The van der Waals surface area contributed by atoms with Gasteiger partial charge in [-0.25, -0.2) is 9.78 Å². The molecule has 2 saturated heterocycles. The van der Waals surface area contributed by atoms with Crippen LogP contribution in [-0.4, -0.2) is 82.8 Å². The van der Waals surface area contributed by atoms with Gasteiger partial charge in [-0.15, -0.1) is 0 Å². The lowest BCUT2D eigenvalue weighted by molar-refractivity contribution is -0.844. The van der Waals surface area contributed by atoms with E-state index < -0.39 is 42.6 Å². The van der Waals surface area contributed by atoms with Gasteiger partial charge in [-0.05, 0) is 38.8 Å². The molecule has 0 radical (unpaired) electrons. The van der Waals surface area contributed by atoms with Crippen LogP contribution < -0.4 is 10.6 Å². The smallest absolute Gasteiger partial charge is 0.549 e. The van der Waals surface area contributed by atoms with E-state index in [-0.39, 0.29) is 28.0 Å². The molecule has 0 aliphatic carbocycles. The predicted molar refractivity (Wildman–Crippen MR) is 147 cm³/mol. The zero-order chi connectivity index (χ0) is 28.5. The van der Waals surface area contributed by atoms with Crippen LogP contribution in [0.3, 0.4) is 0 Å². The Hall–Kier alpha value is -3.28. The van der Waals surface area contributed by atoms with E-state index >= 15 is 0 Å². The van der Waals surface area contributed by atoms with Crippen molar-refractivity contribution in [2.45, 2.75) is 71.2 Å². The van der Waals surface area contributed by atoms with Gasteiger partial charge >= 0.3 is 12.7 Å². The minimum atomic E-state index is -2.28. The summed E-state index contributed by atoms with van der Waals surface area (Å²) < 4.78 is 12.4. The number of carbonyl (C=O) groups is 3. The number of aliphatic hydroxyl groups excluding tert-OH is 1. The highest BCUT2D eigenvalue weighted by Crippen LogP contribution is 2.44. The molecule has 210 valence electrons. The molecular weight excluding hydrogens is 499 g/mol. The topological polar surface area (TPSA) is 127 Å². The first-order valence-electron chi connectivity index (χ1n) is 13.6. The summed E-state index contributed by atoms with van der Waals surface area (Å²) >= 11 is 0. The van der Waals surface area contributed by atoms with Crippen LogP contribution in [0.15, 0.2) is 48.5 Å². The molecular formula is C28H39BN4O6. The lowest BCUT2D eigenvalue weighted by Crippen LogP contribution is -2.75. The quantitative estimate of drug-likeness (QED) is 0.417. The summed E-state index contributed by atoms with van der Waals surface area (Å²) in [5.74, 6) is -2.07. The molecule has 0 bridgehead atoms. The first kappa shape index (κ1) is 28.7. The molecule has 1 aromatic carbocycles. The highest BCUT2D eigenvalue weighted by molar-refractivity contribution is 6.65. The third-order valence-electron chi connectivity index (χ3n) is 8.43. The number of amides is 2. The lowest BCUT2D eigenvalue weighted by atomic mass is 9.57. The van der Waals surface area contributed by atoms with E-state index in [2.05, 4.69) is 15.6 Å². The zero-order valence-corrected chi connectivity index (χ0v) is 23.5. The Labute approximate surface area is 229 Å². The number of fused-ring (bicyclic) bond motifs is 1. The standard InChI is InChI=1S/C28H39BN4O6/c1-17(2)15-24(29-33(6,18(3)16-38-29)19(4)28(37)39-29)31-27(36)25(20(5)34)32-26(35)23-14-10-13-22(30-23)21-11-8-7-9-12-21/h7-14,17-20,24-25,34H,15-16H2,1-6H3,(H,31,36)(H,32,35)/t18-,19-,20+,24-,25-,29?,33?/m0/s1. The van der Waals surface area contributed by atoms with Crippen molar-refractivity contribution in [1.29, 1.82) is 0 Å². The number of nitrogens with zero attached hydrogens (tertiary/aromatic N) is 2. The molecule has 11 heteroatoms. The number of carbonyl (C=O) groups excluding carboxylic acids is 3. The van der Waals surface area contributed by atoms with Crippen molar-refractivity contribution in [3.63, 3.8) is 0 Å². The number of hydrogen-bond acceptors (Lipinski definition) is 7. The van der Waals surface area contributed by atoms with Crippen LogP contribution in [0.5, 0.6) is 0 Å². The van der Waals surface area contributed by atoms with E-state index in [1.165, 1.54) is 6.92 Å². The van der Waals surface area contributed by atoms with E-state index in [9.17, 15) is 19.5 Å². The fraction of sp³-hybridized carbons (Fsp3) is 0.500. The maximum absolute atomic E-state index is 13.6. The molecule has 10 nitrogen and oxygen atoms in total. The summed E-state index contributed by atoms with van der Waals surface area (Å²) in [5.41, 5.74) is 1.58. The average Bonchev–Trinajstić information content (AvgIpc) is 3.28. The van der Waals surface area contributed by atoms with Crippen LogP contribution in [0.25, 0.3) is 11.3 Å². The fourth-order valence-electron chi connectivity index (χ4n) is 5.94. The van der Waals surface area contributed by atoms with Gasteiger partial charge in [-0.2, -0.15) is 0 Å². The molecule has 2 fully saturated rings. The summed E-state index contributed by atoms with van der Waals surface area (Å²) in [6.07, 6.45) is -0.724. The number of aliphatic hydroxyl groups is 1. The number of hydrogen-bond donors (Lipinski definition) is 3. The van der Waals surface area contributed by atoms with Crippen molar-refractivity contribution >= 4 is 24.5 Å². The van der Waals surface area contributed by atoms with E-state index in [0.717, 1.165) is 5.56 Å². The van der Waals surface area contributed by atoms with Crippen molar-refractivity contribution in [3.8, 4) is 11.3 Å². The highest BCUT2D eigenvalue weighted by atomic mass is 16.7. The number of nitrogens with one attached hydrogen (secondary N) is 2. The van der Waals surface area contributed by atoms with Gasteiger partial charge in [-0.1, -0.05) is 56.7 Å². The monoisotopic (exact) mass is 538 g/mol. The second-order valence-corrected chi connectivity index (χ2v) is 11.5. The van der Waals surface area contributed by atoms with Gasteiger partial charge in [0, 0.05) is 18.6 Å². The average molecular weight is 538 g/mol. The number of likely N-dealkylation sites (N-methyl/N-ethyl adjacent to an activating group) is 1.